The van der Waals surface area contributed by atoms with Crippen molar-refractivity contribution in [3.8, 4) is 0 Å². The highest BCUT2D eigenvalue weighted by Crippen LogP contribution is 2.30. The van der Waals surface area contributed by atoms with Crippen LogP contribution >= 0.6 is 11.8 Å². The molecule has 0 saturated carbocycles. The molecular weight excluding hydrogens is 284 g/mol. The van der Waals surface area contributed by atoms with E-state index in [1.54, 1.807) is 18.0 Å². The third-order valence-electron chi connectivity index (χ3n) is 4.64. The van der Waals surface area contributed by atoms with Crippen LogP contribution in [0.1, 0.15) is 29.6 Å². The monoisotopic (exact) mass is 302 g/mol. The third kappa shape index (κ3) is 2.24. The average molecular weight is 302 g/mol. The molecule has 1 aromatic heterocycles. The molecule has 0 spiro atoms. The van der Waals surface area contributed by atoms with Crippen molar-refractivity contribution in [1.29, 1.82) is 0 Å². The molecule has 4 rings (SSSR count). The van der Waals surface area contributed by atoms with E-state index in [4.69, 9.17) is 4.42 Å². The van der Waals surface area contributed by atoms with Gasteiger partial charge in [0, 0.05) is 29.1 Å². The fourth-order valence-corrected chi connectivity index (χ4v) is 4.06. The summed E-state index contributed by atoms with van der Waals surface area (Å²) in [6.07, 6.45) is 7.23. The summed E-state index contributed by atoms with van der Waals surface area (Å²) >= 11 is 1.63. The molecule has 3 atom stereocenters. The molecule has 4 nitrogen and oxygen atoms in total. The second-order valence-corrected chi connectivity index (χ2v) is 6.73. The summed E-state index contributed by atoms with van der Waals surface area (Å²) in [5.41, 5.74) is 1.54. The second-order valence-electron chi connectivity index (χ2n) is 5.88. The normalized spacial score (nSPS) is 27.4. The van der Waals surface area contributed by atoms with Crippen molar-refractivity contribution in [3.05, 3.63) is 30.0 Å². The molecule has 2 aliphatic heterocycles. The largest absolute Gasteiger partial charge is 0.463 e. The lowest BCUT2D eigenvalue weighted by Crippen LogP contribution is -2.42. The van der Waals surface area contributed by atoms with E-state index in [1.807, 2.05) is 24.5 Å². The number of thioether (sulfide) groups is 1. The molecule has 110 valence electrons. The number of amides is 1. The zero-order chi connectivity index (χ0) is 14.4. The van der Waals surface area contributed by atoms with Gasteiger partial charge in [-0.15, -0.1) is 11.8 Å². The molecule has 2 bridgehead atoms. The molecule has 0 radical (unpaired) electrons. The van der Waals surface area contributed by atoms with Crippen molar-refractivity contribution < 1.29 is 9.21 Å². The first-order valence-electron chi connectivity index (χ1n) is 7.37. The number of hydrogen-bond acceptors (Lipinski definition) is 4. The summed E-state index contributed by atoms with van der Waals surface area (Å²) in [4.78, 5) is 13.5. The molecule has 21 heavy (non-hydrogen) atoms. The lowest BCUT2D eigenvalue weighted by Gasteiger charge is -2.21. The first-order chi connectivity index (χ1) is 10.2. The van der Waals surface area contributed by atoms with Gasteiger partial charge in [0.05, 0.1) is 4.90 Å². The van der Waals surface area contributed by atoms with Crippen molar-refractivity contribution in [2.45, 2.75) is 42.3 Å². The second kappa shape index (κ2) is 5.07. The van der Waals surface area contributed by atoms with E-state index in [0.717, 1.165) is 22.3 Å². The zero-order valence-corrected chi connectivity index (χ0v) is 12.7. The average Bonchev–Trinajstić information content (AvgIpc) is 3.21. The molecule has 2 aromatic rings. The fraction of sp³-hybridized carbons (Fsp3) is 0.438. The van der Waals surface area contributed by atoms with Crippen LogP contribution in [0.25, 0.3) is 11.0 Å². The number of fused-ring (bicyclic) bond motifs is 3. The number of benzene rings is 1. The Morgan fingerprint density at radius 2 is 2.33 bits per heavy atom. The molecule has 1 amide bonds. The standard InChI is InChI=1S/C16H18N2O2S/c1-21-15-8-20-14-5-2-9(6-11(14)15)16(19)18-13-7-10-3-4-12(13)17-10/h2,5-6,8,10,12-13,17H,3-4,7H2,1H3,(H,18,19)/t10-,12+,13-/m1/s1. The minimum atomic E-state index is 0.0181. The van der Waals surface area contributed by atoms with E-state index < -0.39 is 0 Å². The summed E-state index contributed by atoms with van der Waals surface area (Å²) < 4.78 is 5.49. The van der Waals surface area contributed by atoms with Gasteiger partial charge in [0.25, 0.3) is 5.91 Å². The quantitative estimate of drug-likeness (QED) is 0.856. The number of furan rings is 1. The maximum absolute atomic E-state index is 12.5. The summed E-state index contributed by atoms with van der Waals surface area (Å²) in [7, 11) is 0. The topological polar surface area (TPSA) is 54.3 Å². The Labute approximate surface area is 127 Å². The molecule has 2 saturated heterocycles. The van der Waals surface area contributed by atoms with Gasteiger partial charge in [0.2, 0.25) is 0 Å². The maximum atomic E-state index is 12.5. The van der Waals surface area contributed by atoms with Crippen molar-refractivity contribution in [1.82, 2.24) is 10.6 Å². The lowest BCUT2D eigenvalue weighted by molar-refractivity contribution is 0.0931. The van der Waals surface area contributed by atoms with E-state index in [1.165, 1.54) is 12.8 Å². The fourth-order valence-electron chi connectivity index (χ4n) is 3.54. The number of carbonyl (C=O) groups excluding carboxylic acids is 1. The number of rotatable bonds is 3. The molecule has 3 heterocycles. The highest BCUT2D eigenvalue weighted by molar-refractivity contribution is 7.98. The van der Waals surface area contributed by atoms with Crippen LogP contribution in [0.2, 0.25) is 0 Å². The zero-order valence-electron chi connectivity index (χ0n) is 11.9. The molecule has 2 N–H and O–H groups in total. The summed E-state index contributed by atoms with van der Waals surface area (Å²) in [6, 6.07) is 6.98. The first-order valence-corrected chi connectivity index (χ1v) is 8.59. The van der Waals surface area contributed by atoms with Gasteiger partial charge in [-0.25, -0.2) is 0 Å². The number of hydrogen-bond donors (Lipinski definition) is 2. The predicted molar refractivity (Wildman–Crippen MR) is 83.8 cm³/mol. The van der Waals surface area contributed by atoms with Gasteiger partial charge < -0.3 is 15.1 Å². The van der Waals surface area contributed by atoms with Crippen molar-refractivity contribution in [2.24, 2.45) is 0 Å². The molecule has 0 aliphatic carbocycles. The van der Waals surface area contributed by atoms with Gasteiger partial charge in [-0.3, -0.25) is 4.79 Å². The van der Waals surface area contributed by atoms with Crippen molar-refractivity contribution in [2.75, 3.05) is 6.26 Å². The maximum Gasteiger partial charge on any atom is 0.251 e. The van der Waals surface area contributed by atoms with Gasteiger partial charge in [-0.1, -0.05) is 0 Å². The van der Waals surface area contributed by atoms with Gasteiger partial charge in [-0.2, -0.15) is 0 Å². The molecule has 0 unspecified atom stereocenters. The summed E-state index contributed by atoms with van der Waals surface area (Å²) in [5.74, 6) is 0.0181. The van der Waals surface area contributed by atoms with Gasteiger partial charge in [0.1, 0.15) is 11.8 Å². The summed E-state index contributed by atoms with van der Waals surface area (Å²) in [5, 5.41) is 7.74. The van der Waals surface area contributed by atoms with Gasteiger partial charge >= 0.3 is 0 Å². The molecule has 2 aliphatic rings. The van der Waals surface area contributed by atoms with E-state index in [9.17, 15) is 4.79 Å². The Balaban J connectivity index is 1.56. The lowest BCUT2D eigenvalue weighted by atomic mass is 9.95. The van der Waals surface area contributed by atoms with Crippen molar-refractivity contribution in [3.63, 3.8) is 0 Å². The summed E-state index contributed by atoms with van der Waals surface area (Å²) in [6.45, 7) is 0. The minimum absolute atomic E-state index is 0.0181. The number of carbonyl (C=O) groups is 1. The third-order valence-corrected chi connectivity index (χ3v) is 5.39. The van der Waals surface area contributed by atoms with Crippen LogP contribution in [-0.4, -0.2) is 30.3 Å². The van der Waals surface area contributed by atoms with Crippen molar-refractivity contribution >= 4 is 28.6 Å². The minimum Gasteiger partial charge on any atom is -0.463 e. The Morgan fingerprint density at radius 3 is 3.05 bits per heavy atom. The van der Waals surface area contributed by atoms with Crippen LogP contribution in [0, 0.1) is 0 Å². The molecule has 1 aromatic carbocycles. The highest BCUT2D eigenvalue weighted by atomic mass is 32.2. The van der Waals surface area contributed by atoms with E-state index in [-0.39, 0.29) is 11.9 Å². The van der Waals surface area contributed by atoms with E-state index in [0.29, 0.717) is 17.6 Å². The van der Waals surface area contributed by atoms with Crippen LogP contribution in [0.5, 0.6) is 0 Å². The van der Waals surface area contributed by atoms with E-state index in [2.05, 4.69) is 10.6 Å². The van der Waals surface area contributed by atoms with Crippen LogP contribution in [-0.2, 0) is 0 Å². The van der Waals surface area contributed by atoms with Crippen LogP contribution < -0.4 is 10.6 Å². The smallest absolute Gasteiger partial charge is 0.251 e. The van der Waals surface area contributed by atoms with Crippen LogP contribution in [0.3, 0.4) is 0 Å². The van der Waals surface area contributed by atoms with Crippen LogP contribution in [0.4, 0.5) is 0 Å². The van der Waals surface area contributed by atoms with Crippen LogP contribution in [0.15, 0.2) is 33.8 Å². The molecule has 5 heteroatoms. The Hall–Kier alpha value is -1.46. The highest BCUT2D eigenvalue weighted by Gasteiger charge is 2.39. The predicted octanol–water partition coefficient (Wildman–Crippen LogP) is 2.78. The molecular formula is C16H18N2O2S. The van der Waals surface area contributed by atoms with Gasteiger partial charge in [-0.05, 0) is 43.7 Å². The Morgan fingerprint density at radius 1 is 1.43 bits per heavy atom. The number of nitrogens with one attached hydrogen (secondary N) is 2. The van der Waals surface area contributed by atoms with E-state index >= 15 is 0 Å². The van der Waals surface area contributed by atoms with Gasteiger partial charge in [0.15, 0.2) is 0 Å². The molecule has 2 fully saturated rings. The Kier molecular flexibility index (Phi) is 3.19. The Bertz CT molecular complexity index is 697. The first kappa shape index (κ1) is 13.2. The SMILES string of the molecule is CSc1coc2ccc(C(=O)N[C@@H]3C[C@H]4CC[C@@H]3N4)cc12.